The second-order valence-corrected chi connectivity index (χ2v) is 11.9. The van der Waals surface area contributed by atoms with Crippen LogP contribution in [0.1, 0.15) is 37.2 Å². The number of hydrogen-bond donors (Lipinski definition) is 0. The van der Waals surface area contributed by atoms with Crippen LogP contribution in [0.2, 0.25) is 10.0 Å². The topological polar surface area (TPSA) is 70.2 Å². The molecule has 0 unspecified atom stereocenters. The van der Waals surface area contributed by atoms with Gasteiger partial charge in [-0.3, -0.25) is 9.59 Å². The van der Waals surface area contributed by atoms with Crippen LogP contribution in [0.25, 0.3) is 0 Å². The third kappa shape index (κ3) is 6.43. The van der Waals surface area contributed by atoms with E-state index in [2.05, 4.69) is 0 Å². The second kappa shape index (κ2) is 11.7. The molecule has 3 fully saturated rings. The van der Waals surface area contributed by atoms with Gasteiger partial charge in [0.1, 0.15) is 11.6 Å². The first-order valence-corrected chi connectivity index (χ1v) is 14.3. The SMILES string of the molecule is CN(C(=O)Oc1ccc(F)cc1)[C@@H]1CN(C(=O)C2CCN(C(=O)C3CC(F)(F)C3)CC2)C[C@H]1c1ccc(Cl)c(Cl)c1. The number of carbonyl (C=O) groups excluding carboxylic acids is 3. The molecule has 5 rings (SSSR count). The first-order valence-electron chi connectivity index (χ1n) is 13.5. The van der Waals surface area contributed by atoms with Crippen LogP contribution in [0.5, 0.6) is 5.75 Å². The van der Waals surface area contributed by atoms with Gasteiger partial charge >= 0.3 is 6.09 Å². The lowest BCUT2D eigenvalue weighted by Crippen LogP contribution is -2.50. The molecule has 41 heavy (non-hydrogen) atoms. The van der Waals surface area contributed by atoms with Crippen LogP contribution in [-0.4, -0.2) is 77.8 Å². The normalized spacial score (nSPS) is 22.8. The number of likely N-dealkylation sites (tertiary alicyclic amines) is 2. The third-order valence-corrected chi connectivity index (χ3v) is 9.11. The number of carbonyl (C=O) groups is 3. The molecule has 0 bridgehead atoms. The van der Waals surface area contributed by atoms with E-state index in [1.165, 1.54) is 29.2 Å². The third-order valence-electron chi connectivity index (χ3n) is 8.37. The van der Waals surface area contributed by atoms with Crippen LogP contribution in [0.3, 0.4) is 0 Å². The van der Waals surface area contributed by atoms with Crippen LogP contribution in [0.15, 0.2) is 42.5 Å². The smallest absolute Gasteiger partial charge is 0.410 e. The highest BCUT2D eigenvalue weighted by atomic mass is 35.5. The minimum absolute atomic E-state index is 0.0832. The summed E-state index contributed by atoms with van der Waals surface area (Å²) in [6.45, 7) is 1.25. The van der Waals surface area contributed by atoms with Gasteiger partial charge < -0.3 is 19.4 Å². The molecule has 2 saturated heterocycles. The van der Waals surface area contributed by atoms with E-state index >= 15 is 0 Å². The van der Waals surface area contributed by atoms with Crippen molar-refractivity contribution in [3.8, 4) is 5.75 Å². The molecule has 2 atom stereocenters. The van der Waals surface area contributed by atoms with Crippen LogP contribution < -0.4 is 4.74 Å². The number of likely N-dealkylation sites (N-methyl/N-ethyl adjacent to an activating group) is 1. The quantitative estimate of drug-likeness (QED) is 0.426. The highest BCUT2D eigenvalue weighted by Gasteiger charge is 2.50. The van der Waals surface area contributed by atoms with E-state index in [1.807, 2.05) is 6.07 Å². The Labute approximate surface area is 246 Å². The number of alkyl halides is 2. The Kier molecular flexibility index (Phi) is 8.43. The fourth-order valence-corrected chi connectivity index (χ4v) is 6.25. The molecule has 2 aromatic rings. The van der Waals surface area contributed by atoms with E-state index < -0.39 is 42.6 Å². The molecular formula is C29H30Cl2F3N3O4. The summed E-state index contributed by atoms with van der Waals surface area (Å²) in [7, 11) is 1.59. The fourth-order valence-electron chi connectivity index (χ4n) is 5.94. The van der Waals surface area contributed by atoms with Gasteiger partial charge in [0.2, 0.25) is 17.7 Å². The number of piperidine rings is 1. The van der Waals surface area contributed by atoms with Crippen molar-refractivity contribution in [1.82, 2.24) is 14.7 Å². The molecule has 1 saturated carbocycles. The number of rotatable bonds is 5. The van der Waals surface area contributed by atoms with Crippen molar-refractivity contribution in [2.24, 2.45) is 11.8 Å². The Hall–Kier alpha value is -2.98. The number of nitrogens with zero attached hydrogens (tertiary/aromatic N) is 3. The van der Waals surface area contributed by atoms with E-state index in [1.54, 1.807) is 29.0 Å². The predicted octanol–water partition coefficient (Wildman–Crippen LogP) is 5.84. The van der Waals surface area contributed by atoms with Crippen LogP contribution in [-0.2, 0) is 9.59 Å². The molecule has 0 aromatic heterocycles. The van der Waals surface area contributed by atoms with Crippen LogP contribution in [0.4, 0.5) is 18.0 Å². The van der Waals surface area contributed by atoms with Gasteiger partial charge in [0.15, 0.2) is 0 Å². The lowest BCUT2D eigenvalue weighted by Gasteiger charge is -2.40. The van der Waals surface area contributed by atoms with Crippen molar-refractivity contribution >= 4 is 41.1 Å². The number of halogens is 5. The molecule has 0 N–H and O–H groups in total. The maximum absolute atomic E-state index is 13.6. The Morgan fingerprint density at radius 3 is 2.15 bits per heavy atom. The summed E-state index contributed by atoms with van der Waals surface area (Å²) >= 11 is 12.4. The zero-order valence-electron chi connectivity index (χ0n) is 22.4. The van der Waals surface area contributed by atoms with Crippen molar-refractivity contribution < 1.29 is 32.3 Å². The molecule has 0 spiro atoms. The number of hydrogen-bond acceptors (Lipinski definition) is 4. The largest absolute Gasteiger partial charge is 0.415 e. The first-order chi connectivity index (χ1) is 19.4. The van der Waals surface area contributed by atoms with Gasteiger partial charge in [-0.2, -0.15) is 0 Å². The molecule has 0 radical (unpaired) electrons. The summed E-state index contributed by atoms with van der Waals surface area (Å²) in [5.41, 5.74) is 0.804. The monoisotopic (exact) mass is 611 g/mol. The Balaban J connectivity index is 1.26. The highest BCUT2D eigenvalue weighted by molar-refractivity contribution is 6.42. The molecule has 2 aromatic carbocycles. The van der Waals surface area contributed by atoms with E-state index in [0.29, 0.717) is 42.5 Å². The van der Waals surface area contributed by atoms with E-state index in [4.69, 9.17) is 27.9 Å². The van der Waals surface area contributed by atoms with E-state index in [9.17, 15) is 27.6 Å². The average Bonchev–Trinajstić information content (AvgIpc) is 3.38. The van der Waals surface area contributed by atoms with Crippen molar-refractivity contribution in [3.05, 3.63) is 63.9 Å². The Bertz CT molecular complexity index is 1310. The van der Waals surface area contributed by atoms with E-state index in [-0.39, 0.29) is 35.9 Å². The van der Waals surface area contributed by atoms with Gasteiger partial charge in [0.05, 0.1) is 16.1 Å². The number of ether oxygens (including phenoxy) is 1. The molecule has 3 amide bonds. The first kappa shape index (κ1) is 29.5. The van der Waals surface area contributed by atoms with Gasteiger partial charge in [0, 0.05) is 63.8 Å². The molecule has 3 aliphatic rings. The van der Waals surface area contributed by atoms with Crippen LogP contribution >= 0.6 is 23.2 Å². The standard InChI is InChI=1S/C29H30Cl2F3N3O4/c1-35(28(40)41-21-5-3-20(32)4-6-21)25-16-37(15-22(25)18-2-7-23(30)24(31)12-18)26(38)17-8-10-36(11-9-17)27(39)19-13-29(33,34)14-19/h2-7,12,17,19,22,25H,8-11,13-16H2,1H3/t22-,25+/m0/s1. The molecule has 2 heterocycles. The minimum Gasteiger partial charge on any atom is -0.410 e. The minimum atomic E-state index is -2.76. The van der Waals surface area contributed by atoms with Gasteiger partial charge in [-0.15, -0.1) is 0 Å². The zero-order valence-corrected chi connectivity index (χ0v) is 23.9. The summed E-state index contributed by atoms with van der Waals surface area (Å²) in [6, 6.07) is 9.85. The summed E-state index contributed by atoms with van der Waals surface area (Å²) in [5, 5.41) is 0.736. The second-order valence-electron chi connectivity index (χ2n) is 11.1. The van der Waals surface area contributed by atoms with Crippen molar-refractivity contribution in [3.63, 3.8) is 0 Å². The molecule has 1 aliphatic carbocycles. The predicted molar refractivity (Wildman–Crippen MR) is 147 cm³/mol. The van der Waals surface area contributed by atoms with Crippen molar-refractivity contribution in [2.45, 2.75) is 43.6 Å². The lowest BCUT2D eigenvalue weighted by molar-refractivity contribution is -0.161. The van der Waals surface area contributed by atoms with E-state index in [0.717, 1.165) is 5.56 Å². The summed E-state index contributed by atoms with van der Waals surface area (Å²) in [6.07, 6.45) is -0.599. The molecule has 12 heteroatoms. The zero-order chi connectivity index (χ0) is 29.5. The Morgan fingerprint density at radius 2 is 1.54 bits per heavy atom. The van der Waals surface area contributed by atoms with Gasteiger partial charge in [-0.25, -0.2) is 18.0 Å². The number of benzene rings is 2. The number of amides is 3. The van der Waals surface area contributed by atoms with Gasteiger partial charge in [-0.1, -0.05) is 29.3 Å². The molecule has 7 nitrogen and oxygen atoms in total. The maximum Gasteiger partial charge on any atom is 0.415 e. The summed E-state index contributed by atoms with van der Waals surface area (Å²) in [5.74, 6) is -4.63. The van der Waals surface area contributed by atoms with Crippen molar-refractivity contribution in [2.75, 3.05) is 33.2 Å². The maximum atomic E-state index is 13.6. The highest BCUT2D eigenvalue weighted by Crippen LogP contribution is 2.43. The van der Waals surface area contributed by atoms with Gasteiger partial charge in [-0.05, 0) is 54.8 Å². The summed E-state index contributed by atoms with van der Waals surface area (Å²) < 4.78 is 45.2. The molecular weight excluding hydrogens is 582 g/mol. The summed E-state index contributed by atoms with van der Waals surface area (Å²) in [4.78, 5) is 44.0. The van der Waals surface area contributed by atoms with Crippen molar-refractivity contribution in [1.29, 1.82) is 0 Å². The molecule has 220 valence electrons. The Morgan fingerprint density at radius 1 is 0.902 bits per heavy atom. The van der Waals surface area contributed by atoms with Crippen LogP contribution in [0, 0.1) is 17.7 Å². The fraction of sp³-hybridized carbons (Fsp3) is 0.483. The average molecular weight is 612 g/mol. The lowest BCUT2D eigenvalue weighted by atomic mass is 9.80. The molecule has 2 aliphatic heterocycles. The van der Waals surface area contributed by atoms with Gasteiger partial charge in [0.25, 0.3) is 0 Å².